The van der Waals surface area contributed by atoms with Gasteiger partial charge in [0.05, 0.1) is 12.5 Å². The lowest BCUT2D eigenvalue weighted by molar-refractivity contribution is 0.609. The molecule has 1 heterocycles. The lowest BCUT2D eigenvalue weighted by atomic mass is 10.2. The molecule has 0 N–H and O–H groups in total. The molecular weight excluding hydrogens is 195 g/mol. The van der Waals surface area contributed by atoms with Crippen molar-refractivity contribution in [2.45, 2.75) is 32.1 Å². The van der Waals surface area contributed by atoms with Gasteiger partial charge in [0.25, 0.3) is 0 Å². The van der Waals surface area contributed by atoms with E-state index < -0.39 is 0 Å². The summed E-state index contributed by atoms with van der Waals surface area (Å²) in [6.45, 7) is 0. The summed E-state index contributed by atoms with van der Waals surface area (Å²) < 4.78 is 9.51. The van der Waals surface area contributed by atoms with Crippen LogP contribution in [0.15, 0.2) is 45.2 Å². The summed E-state index contributed by atoms with van der Waals surface area (Å²) in [4.78, 5) is 0. The average molecular weight is 212 g/mol. The SMILES string of the molecule is C1=CCCCCC1.c1cco[pH]oc1. The molecule has 0 aliphatic heterocycles. The quantitative estimate of drug-likeness (QED) is 0.590. The van der Waals surface area contributed by atoms with Crippen LogP contribution in [-0.2, 0) is 0 Å². The summed E-state index contributed by atoms with van der Waals surface area (Å²) >= 11 is 0. The molecule has 3 heteroatoms. The molecule has 0 atom stereocenters. The molecule has 14 heavy (non-hydrogen) atoms. The normalized spacial score (nSPS) is 14.9. The maximum absolute atomic E-state index is 4.76. The van der Waals surface area contributed by atoms with Crippen molar-refractivity contribution in [3.05, 3.63) is 36.8 Å². The summed E-state index contributed by atoms with van der Waals surface area (Å²) in [6.07, 6.45) is 14.7. The largest absolute Gasteiger partial charge is 0.430 e. The lowest BCUT2D eigenvalue weighted by Gasteiger charge is -1.86. The molecule has 0 saturated carbocycles. The van der Waals surface area contributed by atoms with Gasteiger partial charge in [-0.3, -0.25) is 0 Å². The molecule has 0 radical (unpaired) electrons. The summed E-state index contributed by atoms with van der Waals surface area (Å²) in [5, 5.41) is 0. The highest BCUT2D eigenvalue weighted by Crippen LogP contribution is 2.08. The van der Waals surface area contributed by atoms with E-state index >= 15 is 0 Å². The van der Waals surface area contributed by atoms with Crippen molar-refractivity contribution < 1.29 is 8.39 Å². The third-order valence-corrected chi connectivity index (χ3v) is 2.37. The second-order valence-electron chi connectivity index (χ2n) is 3.09. The molecule has 0 unspecified atom stereocenters. The summed E-state index contributed by atoms with van der Waals surface area (Å²) in [7, 11) is 0.121. The highest BCUT2D eigenvalue weighted by atomic mass is 31.1. The Bertz CT molecular complexity index is 209. The zero-order chi connectivity index (χ0) is 9.90. The minimum absolute atomic E-state index is 0.121. The molecule has 1 aliphatic rings. The Kier molecular flexibility index (Phi) is 6.96. The van der Waals surface area contributed by atoms with E-state index in [2.05, 4.69) is 12.2 Å². The molecule has 0 saturated heterocycles. The van der Waals surface area contributed by atoms with Crippen molar-refractivity contribution in [3.63, 3.8) is 0 Å². The van der Waals surface area contributed by atoms with E-state index in [0.29, 0.717) is 0 Å². The molecule has 0 aromatic carbocycles. The molecule has 0 spiro atoms. The molecule has 0 fully saturated rings. The third-order valence-electron chi connectivity index (χ3n) is 1.91. The third kappa shape index (κ3) is 6.62. The van der Waals surface area contributed by atoms with Gasteiger partial charge in [0.1, 0.15) is 0 Å². The predicted octanol–water partition coefficient (Wildman–Crippen LogP) is 4.54. The Morgan fingerprint density at radius 1 is 0.786 bits per heavy atom. The van der Waals surface area contributed by atoms with Crippen LogP contribution < -0.4 is 0 Å². The van der Waals surface area contributed by atoms with Crippen molar-refractivity contribution in [3.8, 4) is 0 Å². The average Bonchev–Trinajstić information content (AvgIpc) is 2.68. The second-order valence-corrected chi connectivity index (χ2v) is 3.72. The van der Waals surface area contributed by atoms with Gasteiger partial charge >= 0.3 is 0 Å². The first kappa shape index (κ1) is 11.2. The monoisotopic (exact) mass is 212 g/mol. The van der Waals surface area contributed by atoms with Gasteiger partial charge in [-0.05, 0) is 37.8 Å². The van der Waals surface area contributed by atoms with Crippen molar-refractivity contribution in [1.29, 1.82) is 0 Å². The predicted molar refractivity (Wildman–Crippen MR) is 60.3 cm³/mol. The fraction of sp³-hybridized carbons (Fsp3) is 0.455. The Balaban J connectivity index is 0.000000140. The summed E-state index contributed by atoms with van der Waals surface area (Å²) in [5.41, 5.74) is 0. The maximum Gasteiger partial charge on any atom is 0.200 e. The first-order valence-corrected chi connectivity index (χ1v) is 5.85. The van der Waals surface area contributed by atoms with Crippen LogP contribution in [0.3, 0.4) is 0 Å². The summed E-state index contributed by atoms with van der Waals surface area (Å²) in [6, 6.07) is 3.56. The lowest BCUT2D eigenvalue weighted by Crippen LogP contribution is -1.67. The Morgan fingerprint density at radius 3 is 1.93 bits per heavy atom. The van der Waals surface area contributed by atoms with E-state index in [-0.39, 0.29) is 8.67 Å². The highest BCUT2D eigenvalue weighted by molar-refractivity contribution is 7.15. The van der Waals surface area contributed by atoms with Crippen LogP contribution in [0.25, 0.3) is 0 Å². The van der Waals surface area contributed by atoms with E-state index in [1.54, 1.807) is 24.7 Å². The molecule has 2 nitrogen and oxygen atoms in total. The van der Waals surface area contributed by atoms with Crippen molar-refractivity contribution >= 4 is 8.67 Å². The maximum atomic E-state index is 4.76. The number of rotatable bonds is 0. The first-order valence-electron chi connectivity index (χ1n) is 5.03. The molecule has 2 rings (SSSR count). The standard InChI is InChI=1S/C7H12.C4H5O2P/c2*1-2-4-6-7-5-3-1/h1-2H,3-7H2;1-4,7H. The van der Waals surface area contributed by atoms with Crippen LogP contribution in [0.1, 0.15) is 32.1 Å². The van der Waals surface area contributed by atoms with Crippen LogP contribution in [0.2, 0.25) is 0 Å². The van der Waals surface area contributed by atoms with Crippen LogP contribution in [0.4, 0.5) is 0 Å². The van der Waals surface area contributed by atoms with Gasteiger partial charge in [-0.15, -0.1) is 0 Å². The minimum atomic E-state index is 0.121. The van der Waals surface area contributed by atoms with Crippen molar-refractivity contribution in [2.75, 3.05) is 0 Å². The molecule has 0 amide bonds. The topological polar surface area (TPSA) is 26.3 Å². The van der Waals surface area contributed by atoms with E-state index in [1.807, 2.05) is 0 Å². The van der Waals surface area contributed by atoms with Gasteiger partial charge in [0, 0.05) is 0 Å². The van der Waals surface area contributed by atoms with Crippen LogP contribution in [-0.4, -0.2) is 0 Å². The van der Waals surface area contributed by atoms with E-state index in [4.69, 9.17) is 8.39 Å². The molecule has 78 valence electrons. The zero-order valence-electron chi connectivity index (χ0n) is 8.32. The molecule has 1 aromatic heterocycles. The Morgan fingerprint density at radius 2 is 1.36 bits per heavy atom. The van der Waals surface area contributed by atoms with Gasteiger partial charge in [0.2, 0.25) is 0 Å². The van der Waals surface area contributed by atoms with E-state index in [1.165, 1.54) is 32.1 Å². The van der Waals surface area contributed by atoms with Gasteiger partial charge in [-0.25, -0.2) is 0 Å². The molecule has 1 aliphatic carbocycles. The van der Waals surface area contributed by atoms with E-state index in [9.17, 15) is 0 Å². The van der Waals surface area contributed by atoms with Crippen LogP contribution >= 0.6 is 8.67 Å². The first-order chi connectivity index (χ1) is 7.00. The van der Waals surface area contributed by atoms with Crippen LogP contribution in [0, 0.1) is 0 Å². The number of hydrogen-bond donors (Lipinski definition) is 0. The van der Waals surface area contributed by atoms with Crippen molar-refractivity contribution in [1.82, 2.24) is 0 Å². The van der Waals surface area contributed by atoms with Crippen LogP contribution in [0.5, 0.6) is 0 Å². The highest BCUT2D eigenvalue weighted by Gasteiger charge is 1.88. The number of hydrogen-bond acceptors (Lipinski definition) is 2. The Hall–Kier alpha value is -0.880. The second kappa shape index (κ2) is 8.71. The zero-order valence-corrected chi connectivity index (χ0v) is 9.32. The Labute approximate surface area is 86.6 Å². The van der Waals surface area contributed by atoms with Gasteiger partial charge < -0.3 is 8.39 Å². The smallest absolute Gasteiger partial charge is 0.200 e. The molecule has 0 bridgehead atoms. The molecule has 1 aromatic rings. The van der Waals surface area contributed by atoms with E-state index in [0.717, 1.165) is 0 Å². The fourth-order valence-electron chi connectivity index (χ4n) is 1.19. The van der Waals surface area contributed by atoms with Gasteiger partial charge in [0.15, 0.2) is 8.67 Å². The molecular formula is C11H17O2P. The minimum Gasteiger partial charge on any atom is -0.430 e. The number of allylic oxidation sites excluding steroid dienone is 2. The van der Waals surface area contributed by atoms with Gasteiger partial charge in [-0.1, -0.05) is 18.6 Å². The van der Waals surface area contributed by atoms with Gasteiger partial charge in [-0.2, -0.15) is 0 Å². The van der Waals surface area contributed by atoms with Crippen molar-refractivity contribution in [2.24, 2.45) is 0 Å². The fourth-order valence-corrected chi connectivity index (χ4v) is 1.51. The summed E-state index contributed by atoms with van der Waals surface area (Å²) in [5.74, 6) is 0.